The van der Waals surface area contributed by atoms with Crippen LogP contribution in [0.1, 0.15) is 34.1 Å². The van der Waals surface area contributed by atoms with Gasteiger partial charge in [-0.1, -0.05) is 0 Å². The topological polar surface area (TPSA) is 29.5 Å². The molecule has 5 heteroatoms. The van der Waals surface area contributed by atoms with Gasteiger partial charge in [-0.3, -0.25) is 0 Å². The Morgan fingerprint density at radius 2 is 1.50 bits per heavy atom. The van der Waals surface area contributed by atoms with Crippen molar-refractivity contribution in [2.45, 2.75) is 74.0 Å². The van der Waals surface area contributed by atoms with Crippen LogP contribution < -0.4 is 0 Å². The minimum absolute atomic E-state index is 0.190. The molecule has 0 saturated heterocycles. The van der Waals surface area contributed by atoms with E-state index in [2.05, 4.69) is 47.3 Å². The number of hydrogen-bond acceptors (Lipinski definition) is 2. The van der Waals surface area contributed by atoms with E-state index in [4.69, 9.17) is 4.43 Å². The SMILES string of the molecule is C[CH2][Ge]([CH2]C)([CH2]C)[C](C)(CC(=O)N(C)C)O[Si](C)(C)C. The van der Waals surface area contributed by atoms with Crippen molar-refractivity contribution >= 4 is 27.5 Å². The van der Waals surface area contributed by atoms with Gasteiger partial charge in [0.15, 0.2) is 0 Å². The molecule has 0 radical (unpaired) electrons. The minimum atomic E-state index is -2.22. The van der Waals surface area contributed by atoms with Crippen LogP contribution in [0, 0.1) is 0 Å². The van der Waals surface area contributed by atoms with Crippen LogP contribution in [0.4, 0.5) is 0 Å². The molecule has 0 aliphatic rings. The van der Waals surface area contributed by atoms with Crippen LogP contribution in [0.25, 0.3) is 0 Å². The zero-order valence-corrected chi connectivity index (χ0v) is 18.2. The molecule has 0 heterocycles. The summed E-state index contributed by atoms with van der Waals surface area (Å²) in [6.45, 7) is 15.9. The molecule has 20 heavy (non-hydrogen) atoms. The molecule has 120 valence electrons. The van der Waals surface area contributed by atoms with Crippen LogP contribution in [0.2, 0.25) is 35.4 Å². The molecule has 0 aromatic heterocycles. The van der Waals surface area contributed by atoms with Crippen LogP contribution in [-0.2, 0) is 9.22 Å². The van der Waals surface area contributed by atoms with Gasteiger partial charge in [0.2, 0.25) is 0 Å². The van der Waals surface area contributed by atoms with Gasteiger partial charge < -0.3 is 0 Å². The van der Waals surface area contributed by atoms with Crippen molar-refractivity contribution in [3.05, 3.63) is 0 Å². The monoisotopic (exact) mass is 363 g/mol. The molecular weight excluding hydrogens is 327 g/mol. The van der Waals surface area contributed by atoms with E-state index in [0.717, 1.165) is 0 Å². The first-order valence-electron chi connectivity index (χ1n) is 7.87. The zero-order chi connectivity index (χ0) is 16.2. The molecule has 0 aromatic rings. The maximum absolute atomic E-state index is 12.3. The van der Waals surface area contributed by atoms with Crippen LogP contribution in [-0.4, -0.2) is 50.9 Å². The van der Waals surface area contributed by atoms with E-state index in [9.17, 15) is 4.79 Å². The van der Waals surface area contributed by atoms with Crippen LogP contribution >= 0.6 is 0 Å². The fourth-order valence-corrected chi connectivity index (χ4v) is 17.2. The third-order valence-corrected chi connectivity index (χ3v) is 20.0. The molecule has 0 aliphatic heterocycles. The quantitative estimate of drug-likeness (QED) is 0.608. The number of amides is 1. The van der Waals surface area contributed by atoms with E-state index in [1.165, 1.54) is 15.8 Å². The normalized spacial score (nSPS) is 15.8. The van der Waals surface area contributed by atoms with E-state index < -0.39 is 21.6 Å². The van der Waals surface area contributed by atoms with Crippen molar-refractivity contribution in [3.8, 4) is 0 Å². The second-order valence-electron chi connectivity index (χ2n) is 7.25. The molecule has 0 N–H and O–H groups in total. The van der Waals surface area contributed by atoms with Gasteiger partial charge in [-0.25, -0.2) is 0 Å². The van der Waals surface area contributed by atoms with Crippen molar-refractivity contribution < 1.29 is 9.22 Å². The molecule has 0 saturated carbocycles. The zero-order valence-electron chi connectivity index (χ0n) is 15.1. The third-order valence-electron chi connectivity index (χ3n) is 4.67. The molecule has 0 fully saturated rings. The summed E-state index contributed by atoms with van der Waals surface area (Å²) in [5.74, 6) is 0.205. The molecular formula is C15H35GeNO2Si. The van der Waals surface area contributed by atoms with E-state index in [1.54, 1.807) is 4.90 Å². The molecule has 0 spiro atoms. The summed E-state index contributed by atoms with van der Waals surface area (Å²) >= 11 is -2.22. The van der Waals surface area contributed by atoms with Gasteiger partial charge in [0, 0.05) is 0 Å². The molecule has 0 aromatic carbocycles. The predicted molar refractivity (Wildman–Crippen MR) is 93.3 cm³/mol. The summed E-state index contributed by atoms with van der Waals surface area (Å²) < 4.78 is 6.47. The molecule has 1 unspecified atom stereocenters. The maximum atomic E-state index is 12.3. The standard InChI is InChI=1S/C15H35GeNO2Si/c1-10-16(11-2,12-3)15(4,19-20(7,8)9)13-14(18)17(5)6/h10-13H2,1-9H3. The first kappa shape index (κ1) is 20.2. The Morgan fingerprint density at radius 1 is 1.10 bits per heavy atom. The molecule has 1 amide bonds. The van der Waals surface area contributed by atoms with Crippen molar-refractivity contribution in [1.82, 2.24) is 4.90 Å². The van der Waals surface area contributed by atoms with Crippen LogP contribution in [0.3, 0.4) is 0 Å². The van der Waals surface area contributed by atoms with Crippen molar-refractivity contribution in [2.24, 2.45) is 0 Å². The first-order chi connectivity index (χ1) is 8.97. The Balaban J connectivity index is 5.61. The summed E-state index contributed by atoms with van der Waals surface area (Å²) in [7, 11) is 2.01. The van der Waals surface area contributed by atoms with Gasteiger partial charge in [-0.15, -0.1) is 0 Å². The Kier molecular flexibility index (Phi) is 7.52. The average molecular weight is 362 g/mol. The predicted octanol–water partition coefficient (Wildman–Crippen LogP) is 4.12. The first-order valence-corrected chi connectivity index (χ1v) is 16.8. The van der Waals surface area contributed by atoms with Gasteiger partial charge in [0.05, 0.1) is 0 Å². The number of nitrogens with zero attached hydrogens (tertiary/aromatic N) is 1. The van der Waals surface area contributed by atoms with Crippen molar-refractivity contribution in [1.29, 1.82) is 0 Å². The van der Waals surface area contributed by atoms with Gasteiger partial charge in [0.25, 0.3) is 0 Å². The molecule has 0 aliphatic carbocycles. The summed E-state index contributed by atoms with van der Waals surface area (Å²) in [5, 5.41) is 3.69. The molecule has 0 rings (SSSR count). The molecule has 1 atom stereocenters. The number of rotatable bonds is 8. The van der Waals surface area contributed by atoms with Gasteiger partial charge in [-0.2, -0.15) is 0 Å². The second kappa shape index (κ2) is 7.45. The van der Waals surface area contributed by atoms with E-state index in [0.29, 0.717) is 6.42 Å². The fraction of sp³-hybridized carbons (Fsp3) is 0.933. The summed E-state index contributed by atoms with van der Waals surface area (Å²) in [6.07, 6.45) is 0.555. The average Bonchev–Trinajstić information content (AvgIpc) is 2.28. The molecule has 3 nitrogen and oxygen atoms in total. The van der Waals surface area contributed by atoms with E-state index in [1.807, 2.05) is 14.1 Å². The number of hydrogen-bond donors (Lipinski definition) is 0. The summed E-state index contributed by atoms with van der Waals surface area (Å²) in [5.41, 5.74) is 0. The Bertz CT molecular complexity index is 316. The van der Waals surface area contributed by atoms with Crippen molar-refractivity contribution in [3.63, 3.8) is 0 Å². The number of carbonyl (C=O) groups is 1. The van der Waals surface area contributed by atoms with E-state index >= 15 is 0 Å². The molecule has 0 bridgehead atoms. The van der Waals surface area contributed by atoms with Crippen molar-refractivity contribution in [2.75, 3.05) is 14.1 Å². The Hall–Kier alpha value is 0.190. The van der Waals surface area contributed by atoms with Crippen LogP contribution in [0.5, 0.6) is 0 Å². The van der Waals surface area contributed by atoms with Gasteiger partial charge in [-0.05, 0) is 0 Å². The van der Waals surface area contributed by atoms with E-state index in [-0.39, 0.29) is 10.3 Å². The second-order valence-corrected chi connectivity index (χ2v) is 23.7. The number of carbonyl (C=O) groups excluding carboxylic acids is 1. The Labute approximate surface area is 129 Å². The van der Waals surface area contributed by atoms with Crippen LogP contribution in [0.15, 0.2) is 0 Å². The summed E-state index contributed by atoms with van der Waals surface area (Å²) in [6, 6.07) is 0. The van der Waals surface area contributed by atoms with Gasteiger partial charge >= 0.3 is 130 Å². The third kappa shape index (κ3) is 4.88. The Morgan fingerprint density at radius 3 is 1.75 bits per heavy atom. The fourth-order valence-electron chi connectivity index (χ4n) is 3.33. The summed E-state index contributed by atoms with van der Waals surface area (Å²) in [4.78, 5) is 14.0. The van der Waals surface area contributed by atoms with Gasteiger partial charge in [0.1, 0.15) is 0 Å².